The Morgan fingerprint density at radius 2 is 2.08 bits per heavy atom. The summed E-state index contributed by atoms with van der Waals surface area (Å²) < 4.78 is 5.26. The molecule has 0 unspecified atom stereocenters. The van der Waals surface area contributed by atoms with Gasteiger partial charge in [-0.15, -0.1) is 0 Å². The highest BCUT2D eigenvalue weighted by Crippen LogP contribution is 2.34. The van der Waals surface area contributed by atoms with E-state index in [2.05, 4.69) is 5.32 Å². The maximum absolute atomic E-state index is 12.3. The zero-order valence-electron chi connectivity index (χ0n) is 13.7. The average molecular weight is 380 g/mol. The SMILES string of the molecule is CCOc1cc(/C=C2\SC(=O)N(CC(=O)NCC(=O)O)C2=O)ccc1O. The number of imide groups is 1. The van der Waals surface area contributed by atoms with Crippen LogP contribution < -0.4 is 10.1 Å². The Labute approximate surface area is 152 Å². The lowest BCUT2D eigenvalue weighted by molar-refractivity contribution is -0.138. The van der Waals surface area contributed by atoms with Crippen molar-refractivity contribution in [1.29, 1.82) is 0 Å². The smallest absolute Gasteiger partial charge is 0.322 e. The number of aliphatic carboxylic acids is 1. The van der Waals surface area contributed by atoms with Gasteiger partial charge >= 0.3 is 5.97 Å². The van der Waals surface area contributed by atoms with Crippen LogP contribution in [0.4, 0.5) is 4.79 Å². The van der Waals surface area contributed by atoms with E-state index in [1.54, 1.807) is 13.0 Å². The third kappa shape index (κ3) is 4.76. The van der Waals surface area contributed by atoms with Gasteiger partial charge in [0.25, 0.3) is 11.1 Å². The lowest BCUT2D eigenvalue weighted by Crippen LogP contribution is -2.41. The van der Waals surface area contributed by atoms with Crippen LogP contribution >= 0.6 is 11.8 Å². The van der Waals surface area contributed by atoms with Gasteiger partial charge in [-0.25, -0.2) is 0 Å². The summed E-state index contributed by atoms with van der Waals surface area (Å²) in [5.74, 6) is -2.44. The number of thioether (sulfide) groups is 1. The molecule has 26 heavy (non-hydrogen) atoms. The summed E-state index contributed by atoms with van der Waals surface area (Å²) >= 11 is 0.665. The molecular weight excluding hydrogens is 364 g/mol. The van der Waals surface area contributed by atoms with E-state index in [1.807, 2.05) is 0 Å². The maximum atomic E-state index is 12.3. The van der Waals surface area contributed by atoms with Crippen LogP contribution in [-0.4, -0.2) is 57.8 Å². The number of hydrogen-bond donors (Lipinski definition) is 3. The molecule has 2 rings (SSSR count). The quantitative estimate of drug-likeness (QED) is 0.597. The summed E-state index contributed by atoms with van der Waals surface area (Å²) in [6.07, 6.45) is 1.45. The van der Waals surface area contributed by atoms with Gasteiger partial charge in [0.15, 0.2) is 11.5 Å². The standard InChI is InChI=1S/C16H16N2O7S/c1-2-25-11-5-9(3-4-10(11)19)6-12-15(23)18(16(24)26-12)8-13(20)17-7-14(21)22/h3-6,19H,2,7-8H2,1H3,(H,17,20)(H,21,22)/b12-6-. The van der Waals surface area contributed by atoms with Crippen LogP contribution in [0.15, 0.2) is 23.1 Å². The zero-order chi connectivity index (χ0) is 19.3. The number of carbonyl (C=O) groups excluding carboxylic acids is 3. The molecule has 1 fully saturated rings. The molecule has 0 radical (unpaired) electrons. The Balaban J connectivity index is 2.12. The molecule has 10 heteroatoms. The minimum atomic E-state index is -1.23. The van der Waals surface area contributed by atoms with Crippen molar-refractivity contribution in [3.8, 4) is 11.5 Å². The molecule has 1 aromatic carbocycles. The highest BCUT2D eigenvalue weighted by Gasteiger charge is 2.36. The number of rotatable bonds is 7. The van der Waals surface area contributed by atoms with Crippen LogP contribution in [0.5, 0.6) is 11.5 Å². The normalized spacial score (nSPS) is 15.4. The third-order valence-electron chi connectivity index (χ3n) is 3.19. The number of aromatic hydroxyl groups is 1. The largest absolute Gasteiger partial charge is 0.504 e. The van der Waals surface area contributed by atoms with E-state index in [1.165, 1.54) is 18.2 Å². The monoisotopic (exact) mass is 380 g/mol. The lowest BCUT2D eigenvalue weighted by atomic mass is 10.2. The van der Waals surface area contributed by atoms with Crippen molar-refractivity contribution in [3.63, 3.8) is 0 Å². The lowest BCUT2D eigenvalue weighted by Gasteiger charge is -2.11. The van der Waals surface area contributed by atoms with Gasteiger partial charge in [-0.2, -0.15) is 0 Å². The van der Waals surface area contributed by atoms with E-state index in [4.69, 9.17) is 9.84 Å². The fourth-order valence-electron chi connectivity index (χ4n) is 2.05. The second-order valence-corrected chi connectivity index (χ2v) is 6.09. The first kappa shape index (κ1) is 19.3. The first-order chi connectivity index (χ1) is 12.3. The van der Waals surface area contributed by atoms with Crippen LogP contribution in [0, 0.1) is 0 Å². The van der Waals surface area contributed by atoms with Gasteiger partial charge < -0.3 is 20.3 Å². The van der Waals surface area contributed by atoms with Crippen molar-refractivity contribution in [3.05, 3.63) is 28.7 Å². The number of carboxylic acid groups (broad SMARTS) is 1. The van der Waals surface area contributed by atoms with E-state index >= 15 is 0 Å². The fraction of sp³-hybridized carbons (Fsp3) is 0.250. The molecule has 138 valence electrons. The van der Waals surface area contributed by atoms with E-state index in [0.717, 1.165) is 4.90 Å². The molecule has 0 aliphatic carbocycles. The molecule has 0 aromatic heterocycles. The van der Waals surface area contributed by atoms with Gasteiger partial charge in [0.2, 0.25) is 5.91 Å². The maximum Gasteiger partial charge on any atom is 0.322 e. The number of phenols is 1. The number of nitrogens with zero attached hydrogens (tertiary/aromatic N) is 1. The summed E-state index contributed by atoms with van der Waals surface area (Å²) in [5, 5.41) is 19.7. The van der Waals surface area contributed by atoms with E-state index in [0.29, 0.717) is 23.9 Å². The Bertz CT molecular complexity index is 791. The molecule has 1 saturated heterocycles. The topological polar surface area (TPSA) is 133 Å². The molecule has 1 aliphatic rings. The fourth-order valence-corrected chi connectivity index (χ4v) is 2.89. The van der Waals surface area contributed by atoms with Crippen LogP contribution in [0.2, 0.25) is 0 Å². The number of carbonyl (C=O) groups is 4. The number of phenolic OH excluding ortho intramolecular Hbond substituents is 1. The molecule has 1 aromatic rings. The van der Waals surface area contributed by atoms with E-state index < -0.39 is 36.1 Å². The summed E-state index contributed by atoms with van der Waals surface area (Å²) in [6.45, 7) is 0.944. The number of hydrogen-bond acceptors (Lipinski definition) is 7. The molecule has 9 nitrogen and oxygen atoms in total. The second kappa shape index (κ2) is 8.39. The minimum absolute atomic E-state index is 0.0489. The van der Waals surface area contributed by atoms with Crippen molar-refractivity contribution in [2.45, 2.75) is 6.92 Å². The Hall–Kier alpha value is -3.01. The molecule has 3 N–H and O–H groups in total. The number of benzene rings is 1. The highest BCUT2D eigenvalue weighted by molar-refractivity contribution is 8.18. The van der Waals surface area contributed by atoms with Crippen molar-refractivity contribution in [1.82, 2.24) is 10.2 Å². The first-order valence-electron chi connectivity index (χ1n) is 7.51. The number of amides is 3. The highest BCUT2D eigenvalue weighted by atomic mass is 32.2. The van der Waals surface area contributed by atoms with Crippen LogP contribution in [0.3, 0.4) is 0 Å². The van der Waals surface area contributed by atoms with E-state index in [9.17, 15) is 24.3 Å². The van der Waals surface area contributed by atoms with Crippen LogP contribution in [-0.2, 0) is 14.4 Å². The Kier molecular flexibility index (Phi) is 6.23. The van der Waals surface area contributed by atoms with Gasteiger partial charge in [-0.1, -0.05) is 6.07 Å². The molecule has 0 saturated carbocycles. The third-order valence-corrected chi connectivity index (χ3v) is 4.10. The van der Waals surface area contributed by atoms with Crippen LogP contribution in [0.25, 0.3) is 6.08 Å². The Morgan fingerprint density at radius 3 is 2.73 bits per heavy atom. The van der Waals surface area contributed by atoms with Crippen molar-refractivity contribution < 1.29 is 34.1 Å². The summed E-state index contributed by atoms with van der Waals surface area (Å²) in [5.41, 5.74) is 0.534. The predicted molar refractivity (Wildman–Crippen MR) is 92.6 cm³/mol. The van der Waals surface area contributed by atoms with Crippen molar-refractivity contribution in [2.75, 3.05) is 19.7 Å². The second-order valence-electron chi connectivity index (χ2n) is 5.10. The van der Waals surface area contributed by atoms with E-state index in [-0.39, 0.29) is 16.4 Å². The molecule has 1 aliphatic heterocycles. The number of carboxylic acids is 1. The molecule has 0 bridgehead atoms. The average Bonchev–Trinajstić information content (AvgIpc) is 2.84. The van der Waals surface area contributed by atoms with Gasteiger partial charge in [-0.3, -0.25) is 24.1 Å². The van der Waals surface area contributed by atoms with Crippen molar-refractivity contribution in [2.24, 2.45) is 0 Å². The molecule has 3 amide bonds. The first-order valence-corrected chi connectivity index (χ1v) is 8.33. The van der Waals surface area contributed by atoms with Crippen molar-refractivity contribution >= 4 is 40.9 Å². The van der Waals surface area contributed by atoms with Crippen LogP contribution in [0.1, 0.15) is 12.5 Å². The van der Waals surface area contributed by atoms with Gasteiger partial charge in [0, 0.05) is 0 Å². The zero-order valence-corrected chi connectivity index (χ0v) is 14.5. The molecule has 1 heterocycles. The molecule has 0 spiro atoms. The summed E-state index contributed by atoms with van der Waals surface area (Å²) in [4.78, 5) is 47.1. The molecule has 0 atom stereocenters. The number of ether oxygens (including phenoxy) is 1. The minimum Gasteiger partial charge on any atom is -0.504 e. The molecular formula is C16H16N2O7S. The number of nitrogens with one attached hydrogen (secondary N) is 1. The van der Waals surface area contributed by atoms with Gasteiger partial charge in [0.1, 0.15) is 13.1 Å². The van der Waals surface area contributed by atoms with Gasteiger partial charge in [0.05, 0.1) is 11.5 Å². The predicted octanol–water partition coefficient (Wildman–Crippen LogP) is 1.03. The van der Waals surface area contributed by atoms with Gasteiger partial charge in [-0.05, 0) is 42.5 Å². The summed E-state index contributed by atoms with van der Waals surface area (Å²) in [7, 11) is 0. The Morgan fingerprint density at radius 1 is 1.35 bits per heavy atom. The summed E-state index contributed by atoms with van der Waals surface area (Å²) in [6, 6.07) is 4.47.